The zero-order chi connectivity index (χ0) is 20.4. The first-order valence-electron chi connectivity index (χ1n) is 8.85. The molecular weight excluding hydrogens is 375 g/mol. The molecule has 0 radical (unpaired) electrons. The summed E-state index contributed by atoms with van der Waals surface area (Å²) in [5.41, 5.74) is 0.326. The molecule has 27 heavy (non-hydrogen) atoms. The minimum Gasteiger partial charge on any atom is -0.468 e. The number of carbonyl (C=O) groups excluding carboxylic acids is 2. The van der Waals surface area contributed by atoms with Crippen molar-refractivity contribution in [2.24, 2.45) is 0 Å². The van der Waals surface area contributed by atoms with Crippen LogP contribution in [0, 0.1) is 6.92 Å². The lowest BCUT2D eigenvalue weighted by molar-refractivity contribution is -0.142. The SMILES string of the molecule is CCOC(=O)C/C=C(\c1c(C(=O)OCC)coc1C)P(=O)(OCC)OCC. The highest BCUT2D eigenvalue weighted by Gasteiger charge is 2.36. The molecule has 0 amide bonds. The molecule has 1 aromatic rings. The van der Waals surface area contributed by atoms with Crippen molar-refractivity contribution in [3.63, 3.8) is 0 Å². The highest BCUT2D eigenvalue weighted by molar-refractivity contribution is 7.65. The smallest absolute Gasteiger partial charge is 0.361 e. The fourth-order valence-corrected chi connectivity index (χ4v) is 4.30. The Morgan fingerprint density at radius 2 is 1.63 bits per heavy atom. The van der Waals surface area contributed by atoms with Crippen molar-refractivity contribution in [2.75, 3.05) is 26.4 Å². The number of aryl methyl sites for hydroxylation is 1. The number of ether oxygens (including phenoxy) is 2. The van der Waals surface area contributed by atoms with E-state index in [1.54, 1.807) is 34.6 Å². The third kappa shape index (κ3) is 6.06. The molecule has 152 valence electrons. The van der Waals surface area contributed by atoms with Crippen LogP contribution in [0.3, 0.4) is 0 Å². The Morgan fingerprint density at radius 1 is 1.04 bits per heavy atom. The molecule has 0 saturated heterocycles. The van der Waals surface area contributed by atoms with Crippen LogP contribution in [0.15, 0.2) is 16.8 Å². The predicted octanol–water partition coefficient (Wildman–Crippen LogP) is 4.32. The monoisotopic (exact) mass is 402 g/mol. The van der Waals surface area contributed by atoms with Crippen molar-refractivity contribution in [1.29, 1.82) is 0 Å². The first-order chi connectivity index (χ1) is 12.8. The molecule has 1 heterocycles. The molecule has 0 saturated carbocycles. The first-order valence-corrected chi connectivity index (χ1v) is 10.4. The Kier molecular flexibility index (Phi) is 9.49. The molecule has 0 aromatic carbocycles. The molecule has 0 bridgehead atoms. The van der Waals surface area contributed by atoms with Gasteiger partial charge < -0.3 is 22.9 Å². The summed E-state index contributed by atoms with van der Waals surface area (Å²) >= 11 is 0. The average molecular weight is 402 g/mol. The Bertz CT molecular complexity index is 709. The van der Waals surface area contributed by atoms with Crippen LogP contribution in [0.4, 0.5) is 0 Å². The third-order valence-corrected chi connectivity index (χ3v) is 5.58. The molecular formula is C18H27O8P. The van der Waals surface area contributed by atoms with Gasteiger partial charge in [0.2, 0.25) is 0 Å². The van der Waals surface area contributed by atoms with Crippen LogP contribution in [0.25, 0.3) is 5.31 Å². The molecule has 0 spiro atoms. The van der Waals surface area contributed by atoms with E-state index in [0.29, 0.717) is 5.76 Å². The molecule has 0 unspecified atom stereocenters. The molecule has 8 nitrogen and oxygen atoms in total. The van der Waals surface area contributed by atoms with Crippen molar-refractivity contribution < 1.29 is 37.1 Å². The number of hydrogen-bond donors (Lipinski definition) is 0. The normalized spacial score (nSPS) is 12.1. The zero-order valence-electron chi connectivity index (χ0n) is 16.4. The summed E-state index contributed by atoms with van der Waals surface area (Å²) in [7, 11) is -3.82. The summed E-state index contributed by atoms with van der Waals surface area (Å²) < 4.78 is 39.6. The highest BCUT2D eigenvalue weighted by atomic mass is 31.2. The summed E-state index contributed by atoms with van der Waals surface area (Å²) in [4.78, 5) is 24.1. The standard InChI is InChI=1S/C18H27O8P/c1-6-22-16(19)11-10-15(27(21,25-8-3)26-9-4)17-13(5)24-12-14(17)18(20)23-7-2/h10,12H,6-9,11H2,1-5H3/b15-10+. The fourth-order valence-electron chi connectivity index (χ4n) is 2.40. The highest BCUT2D eigenvalue weighted by Crippen LogP contribution is 2.61. The first kappa shape index (κ1) is 23.1. The van der Waals surface area contributed by atoms with Gasteiger partial charge in [0.05, 0.1) is 38.2 Å². The van der Waals surface area contributed by atoms with Gasteiger partial charge in [-0.25, -0.2) is 4.79 Å². The lowest BCUT2D eigenvalue weighted by atomic mass is 10.1. The second-order valence-electron chi connectivity index (χ2n) is 5.23. The van der Waals surface area contributed by atoms with E-state index < -0.39 is 19.5 Å². The van der Waals surface area contributed by atoms with E-state index in [9.17, 15) is 14.2 Å². The van der Waals surface area contributed by atoms with E-state index in [2.05, 4.69) is 0 Å². The second-order valence-corrected chi connectivity index (χ2v) is 7.23. The molecule has 1 aromatic heterocycles. The molecule has 1 rings (SSSR count). The fraction of sp³-hybridized carbons (Fsp3) is 0.556. The van der Waals surface area contributed by atoms with Crippen molar-refractivity contribution in [2.45, 2.75) is 41.0 Å². The maximum Gasteiger partial charge on any atom is 0.361 e. The maximum atomic E-state index is 13.4. The van der Waals surface area contributed by atoms with Gasteiger partial charge in [-0.3, -0.25) is 9.36 Å². The third-order valence-electron chi connectivity index (χ3n) is 3.39. The maximum absolute atomic E-state index is 13.4. The summed E-state index contributed by atoms with van der Waals surface area (Å²) in [6, 6.07) is 0. The minimum atomic E-state index is -3.82. The lowest BCUT2D eigenvalue weighted by Gasteiger charge is -2.20. The molecule has 0 N–H and O–H groups in total. The van der Waals surface area contributed by atoms with E-state index in [-0.39, 0.29) is 49.3 Å². The largest absolute Gasteiger partial charge is 0.468 e. The summed E-state index contributed by atoms with van der Waals surface area (Å²) in [5.74, 6) is -0.813. The minimum absolute atomic E-state index is 0.0774. The number of carbonyl (C=O) groups is 2. The topological polar surface area (TPSA) is 101 Å². The van der Waals surface area contributed by atoms with Crippen LogP contribution < -0.4 is 0 Å². The average Bonchev–Trinajstić information content (AvgIpc) is 2.97. The van der Waals surface area contributed by atoms with Gasteiger partial charge in [-0.2, -0.15) is 0 Å². The van der Waals surface area contributed by atoms with E-state index >= 15 is 0 Å². The van der Waals surface area contributed by atoms with Gasteiger partial charge in [-0.1, -0.05) is 6.08 Å². The van der Waals surface area contributed by atoms with Crippen molar-refractivity contribution in [1.82, 2.24) is 0 Å². The van der Waals surface area contributed by atoms with Gasteiger partial charge in [-0.15, -0.1) is 0 Å². The number of furan rings is 1. The van der Waals surface area contributed by atoms with E-state index in [1.165, 1.54) is 12.3 Å². The Hall–Kier alpha value is -1.89. The van der Waals surface area contributed by atoms with E-state index in [4.69, 9.17) is 22.9 Å². The molecule has 9 heteroatoms. The second kappa shape index (κ2) is 11.1. The van der Waals surface area contributed by atoms with Crippen molar-refractivity contribution in [3.8, 4) is 0 Å². The Morgan fingerprint density at radius 3 is 2.15 bits per heavy atom. The van der Waals surface area contributed by atoms with Gasteiger partial charge in [0.25, 0.3) is 0 Å². The Labute approximate surface area is 159 Å². The molecule has 0 aliphatic rings. The van der Waals surface area contributed by atoms with Gasteiger partial charge in [0.1, 0.15) is 17.6 Å². The molecule has 0 aliphatic carbocycles. The van der Waals surface area contributed by atoms with Crippen LogP contribution in [0.1, 0.15) is 55.8 Å². The molecule has 0 atom stereocenters. The van der Waals surface area contributed by atoms with Crippen LogP contribution in [-0.4, -0.2) is 38.4 Å². The van der Waals surface area contributed by atoms with E-state index in [0.717, 1.165) is 0 Å². The van der Waals surface area contributed by atoms with Crippen molar-refractivity contribution in [3.05, 3.63) is 29.2 Å². The summed E-state index contributed by atoms with van der Waals surface area (Å²) in [6.45, 7) is 8.92. The van der Waals surface area contributed by atoms with Gasteiger partial charge in [-0.05, 0) is 34.6 Å². The summed E-state index contributed by atoms with van der Waals surface area (Å²) in [6.07, 6.45) is 2.45. The van der Waals surface area contributed by atoms with Crippen molar-refractivity contribution >= 4 is 24.8 Å². The van der Waals surface area contributed by atoms with Gasteiger partial charge >= 0.3 is 19.5 Å². The van der Waals surface area contributed by atoms with Crippen LogP contribution in [0.5, 0.6) is 0 Å². The van der Waals surface area contributed by atoms with E-state index in [1.807, 2.05) is 0 Å². The summed E-state index contributed by atoms with van der Waals surface area (Å²) in [5, 5.41) is 0.0774. The van der Waals surface area contributed by atoms with Crippen LogP contribution in [-0.2, 0) is 27.9 Å². The van der Waals surface area contributed by atoms with Crippen LogP contribution in [0.2, 0.25) is 0 Å². The Balaban J connectivity index is 3.53. The number of rotatable bonds is 11. The van der Waals surface area contributed by atoms with Gasteiger partial charge in [0, 0.05) is 5.56 Å². The predicted molar refractivity (Wildman–Crippen MR) is 99.5 cm³/mol. The number of esters is 2. The molecule has 0 aliphatic heterocycles. The number of hydrogen-bond acceptors (Lipinski definition) is 8. The molecule has 0 fully saturated rings. The van der Waals surface area contributed by atoms with Crippen LogP contribution >= 0.6 is 7.60 Å². The van der Waals surface area contributed by atoms with Gasteiger partial charge in [0.15, 0.2) is 0 Å². The lowest BCUT2D eigenvalue weighted by Crippen LogP contribution is -2.09. The quantitative estimate of drug-likeness (QED) is 0.398. The zero-order valence-corrected chi connectivity index (χ0v) is 17.3.